The van der Waals surface area contributed by atoms with Gasteiger partial charge in [-0.25, -0.2) is 4.79 Å². The molecule has 5 atom stereocenters. The van der Waals surface area contributed by atoms with Crippen LogP contribution in [0, 0.1) is 17.8 Å². The minimum Gasteiger partial charge on any atom is -0.444 e. The molecule has 3 rings (SSSR count). The predicted octanol–water partition coefficient (Wildman–Crippen LogP) is 1.89. The van der Waals surface area contributed by atoms with E-state index in [1.165, 1.54) is 14.2 Å². The van der Waals surface area contributed by atoms with Crippen molar-refractivity contribution in [3.63, 3.8) is 0 Å². The van der Waals surface area contributed by atoms with Crippen LogP contribution in [0.5, 0.6) is 0 Å². The molecule has 2 saturated heterocycles. The number of aliphatic hydroxyl groups is 1. The summed E-state index contributed by atoms with van der Waals surface area (Å²) in [6.07, 6.45) is 0.249. The number of amides is 1. The number of hydrogen-bond donors (Lipinski definition) is 1. The minimum absolute atomic E-state index is 0.269. The van der Waals surface area contributed by atoms with Crippen molar-refractivity contribution in [1.82, 2.24) is 4.90 Å². The van der Waals surface area contributed by atoms with Gasteiger partial charge in [0.15, 0.2) is 0 Å². The number of fused-ring (bicyclic) bond motifs is 1. The van der Waals surface area contributed by atoms with Crippen LogP contribution in [-0.2, 0) is 23.7 Å². The molecule has 0 radical (unpaired) electrons. The molecular weight excluding hydrogens is 378 g/mol. The van der Waals surface area contributed by atoms with Crippen LogP contribution >= 0.6 is 0 Å². The number of methoxy groups -OCH3 is 2. The number of hydrogen-bond acceptors (Lipinski definition) is 7. The molecule has 1 saturated carbocycles. The second kappa shape index (κ2) is 7.40. The summed E-state index contributed by atoms with van der Waals surface area (Å²) in [7, 11) is 3.07. The van der Waals surface area contributed by atoms with Gasteiger partial charge in [-0.1, -0.05) is 11.8 Å². The third-order valence-corrected chi connectivity index (χ3v) is 6.23. The number of rotatable bonds is 2. The molecule has 164 valence electrons. The molecule has 0 bridgehead atoms. The van der Waals surface area contributed by atoms with E-state index in [0.29, 0.717) is 6.54 Å². The number of likely N-dealkylation sites (tertiary alicyclic amines) is 1. The lowest BCUT2D eigenvalue weighted by atomic mass is 9.81. The van der Waals surface area contributed by atoms with Crippen LogP contribution < -0.4 is 0 Å². The summed E-state index contributed by atoms with van der Waals surface area (Å²) < 4.78 is 29.7. The van der Waals surface area contributed by atoms with Crippen molar-refractivity contribution in [2.45, 2.75) is 82.4 Å². The first kappa shape index (κ1) is 22.3. The van der Waals surface area contributed by atoms with Crippen molar-refractivity contribution in [2.75, 3.05) is 27.4 Å². The summed E-state index contributed by atoms with van der Waals surface area (Å²) >= 11 is 0. The quantitative estimate of drug-likeness (QED) is 0.695. The molecule has 1 spiro atoms. The third kappa shape index (κ3) is 3.75. The Bertz CT molecular complexity index is 704. The Morgan fingerprint density at radius 2 is 1.76 bits per heavy atom. The van der Waals surface area contributed by atoms with Crippen molar-refractivity contribution in [3.8, 4) is 11.8 Å². The van der Waals surface area contributed by atoms with Gasteiger partial charge in [0.25, 0.3) is 0 Å². The molecule has 0 aromatic rings. The van der Waals surface area contributed by atoms with E-state index in [2.05, 4.69) is 11.8 Å². The molecule has 8 nitrogen and oxygen atoms in total. The van der Waals surface area contributed by atoms with E-state index >= 15 is 0 Å². The number of carbonyl (C=O) groups excluding carboxylic acids is 1. The zero-order valence-electron chi connectivity index (χ0n) is 18.4. The Labute approximate surface area is 172 Å². The second-order valence-electron chi connectivity index (χ2n) is 9.19. The Hall–Kier alpha value is -1.37. The maximum Gasteiger partial charge on any atom is 0.410 e. The highest BCUT2D eigenvalue weighted by Gasteiger charge is 2.68. The summed E-state index contributed by atoms with van der Waals surface area (Å²) in [5.74, 6) is 3.20. The van der Waals surface area contributed by atoms with Crippen LogP contribution in [0.25, 0.3) is 0 Å². The van der Waals surface area contributed by atoms with Crippen molar-refractivity contribution < 1.29 is 33.6 Å². The maximum absolute atomic E-state index is 13.0. The number of aliphatic hydroxyl groups excluding tert-OH is 1. The van der Waals surface area contributed by atoms with Gasteiger partial charge in [0.05, 0.1) is 18.0 Å². The molecule has 2 heterocycles. The van der Waals surface area contributed by atoms with Gasteiger partial charge < -0.3 is 28.8 Å². The van der Waals surface area contributed by atoms with Gasteiger partial charge >= 0.3 is 6.09 Å². The molecule has 0 aromatic carbocycles. The fourth-order valence-electron chi connectivity index (χ4n) is 4.29. The normalized spacial score (nSPS) is 38.1. The number of nitrogens with zero attached hydrogens (tertiary/aromatic N) is 1. The standard InChI is InChI=1S/C21H33NO7/c1-18(2,3)29-17(24)22-13-15-16(14(9-8-12-23)21(22)10-11-21)28-20(5,26-7)19(4,25-6)27-15/h14-16,23H,10-13H2,1-7H3. The lowest BCUT2D eigenvalue weighted by molar-refractivity contribution is -0.456. The zero-order chi connectivity index (χ0) is 21.7. The van der Waals surface area contributed by atoms with Gasteiger partial charge in [0.2, 0.25) is 11.6 Å². The van der Waals surface area contributed by atoms with Crippen LogP contribution in [0.2, 0.25) is 0 Å². The molecular formula is C21H33NO7. The van der Waals surface area contributed by atoms with E-state index in [4.69, 9.17) is 23.7 Å². The fourth-order valence-corrected chi connectivity index (χ4v) is 4.29. The lowest BCUT2D eigenvalue weighted by Gasteiger charge is -2.57. The maximum atomic E-state index is 13.0. The highest BCUT2D eigenvalue weighted by molar-refractivity contribution is 5.70. The Balaban J connectivity index is 1.99. The van der Waals surface area contributed by atoms with Crippen LogP contribution in [0.4, 0.5) is 4.79 Å². The molecule has 1 aliphatic carbocycles. The Morgan fingerprint density at radius 3 is 2.24 bits per heavy atom. The van der Waals surface area contributed by atoms with Crippen molar-refractivity contribution in [1.29, 1.82) is 0 Å². The third-order valence-electron chi connectivity index (χ3n) is 6.23. The van der Waals surface area contributed by atoms with Gasteiger partial charge in [0, 0.05) is 14.2 Å². The molecule has 3 aliphatic rings. The molecule has 1 N–H and O–H groups in total. The monoisotopic (exact) mass is 411 g/mol. The van der Waals surface area contributed by atoms with Crippen molar-refractivity contribution in [2.24, 2.45) is 5.92 Å². The summed E-state index contributed by atoms with van der Waals surface area (Å²) in [4.78, 5) is 14.8. The van der Waals surface area contributed by atoms with Crippen LogP contribution in [0.1, 0.15) is 47.5 Å². The average molecular weight is 411 g/mol. The topological polar surface area (TPSA) is 86.7 Å². The summed E-state index contributed by atoms with van der Waals surface area (Å²) in [6, 6.07) is 0. The first-order chi connectivity index (χ1) is 13.5. The van der Waals surface area contributed by atoms with E-state index < -0.39 is 41.0 Å². The number of carbonyl (C=O) groups is 1. The molecule has 0 aromatic heterocycles. The molecule has 5 unspecified atom stereocenters. The Morgan fingerprint density at radius 1 is 1.17 bits per heavy atom. The van der Waals surface area contributed by atoms with E-state index in [1.807, 2.05) is 20.8 Å². The van der Waals surface area contributed by atoms with E-state index in [9.17, 15) is 9.90 Å². The SMILES string of the molecule is COC1(C)OC2CN(C(=O)OC(C)(C)C)C3(CC3)C(C#CCO)C2OC1(C)OC. The highest BCUT2D eigenvalue weighted by Crippen LogP contribution is 2.56. The lowest BCUT2D eigenvalue weighted by Crippen LogP contribution is -2.72. The second-order valence-corrected chi connectivity index (χ2v) is 9.19. The smallest absolute Gasteiger partial charge is 0.410 e. The van der Waals surface area contributed by atoms with Gasteiger partial charge in [-0.05, 0) is 47.5 Å². The first-order valence-electron chi connectivity index (χ1n) is 10.0. The first-order valence-corrected chi connectivity index (χ1v) is 10.0. The fraction of sp³-hybridized carbons (Fsp3) is 0.857. The summed E-state index contributed by atoms with van der Waals surface area (Å²) in [5.41, 5.74) is -1.11. The van der Waals surface area contributed by atoms with Gasteiger partial charge in [-0.3, -0.25) is 4.90 Å². The number of piperidine rings is 1. The van der Waals surface area contributed by atoms with Crippen molar-refractivity contribution >= 4 is 6.09 Å². The van der Waals surface area contributed by atoms with Crippen LogP contribution in [-0.4, -0.2) is 78.4 Å². The molecule has 8 heteroatoms. The zero-order valence-corrected chi connectivity index (χ0v) is 18.4. The van der Waals surface area contributed by atoms with Crippen LogP contribution in [0.3, 0.4) is 0 Å². The number of ether oxygens (including phenoxy) is 5. The van der Waals surface area contributed by atoms with Gasteiger partial charge in [-0.2, -0.15) is 0 Å². The largest absolute Gasteiger partial charge is 0.444 e. The van der Waals surface area contributed by atoms with E-state index in [-0.39, 0.29) is 12.5 Å². The summed E-state index contributed by atoms with van der Waals surface area (Å²) in [5, 5.41) is 9.29. The van der Waals surface area contributed by atoms with Gasteiger partial charge in [-0.15, -0.1) is 0 Å². The van der Waals surface area contributed by atoms with E-state index in [1.54, 1.807) is 18.7 Å². The molecule has 2 aliphatic heterocycles. The molecule has 1 amide bonds. The minimum atomic E-state index is -1.18. The predicted molar refractivity (Wildman–Crippen MR) is 104 cm³/mol. The Kier molecular flexibility index (Phi) is 5.69. The van der Waals surface area contributed by atoms with Gasteiger partial charge in [0.1, 0.15) is 24.4 Å². The van der Waals surface area contributed by atoms with Crippen molar-refractivity contribution in [3.05, 3.63) is 0 Å². The van der Waals surface area contributed by atoms with E-state index in [0.717, 1.165) is 12.8 Å². The van der Waals surface area contributed by atoms with Crippen LogP contribution in [0.15, 0.2) is 0 Å². The average Bonchev–Trinajstić information content (AvgIpc) is 3.42. The molecule has 3 fully saturated rings. The highest BCUT2D eigenvalue weighted by atomic mass is 16.8. The molecule has 29 heavy (non-hydrogen) atoms. The summed E-state index contributed by atoms with van der Waals surface area (Å²) in [6.45, 7) is 9.07.